The van der Waals surface area contributed by atoms with Crippen molar-refractivity contribution in [1.82, 2.24) is 10.1 Å². The van der Waals surface area contributed by atoms with Crippen molar-refractivity contribution < 1.29 is 19.2 Å². The number of rotatable bonds is 7. The molecule has 6 nitrogen and oxygen atoms in total. The van der Waals surface area contributed by atoms with Gasteiger partial charge in [-0.25, -0.2) is 0 Å². The lowest BCUT2D eigenvalue weighted by molar-refractivity contribution is -0.159. The van der Waals surface area contributed by atoms with E-state index in [4.69, 9.17) is 9.26 Å². The molecule has 0 saturated carbocycles. The summed E-state index contributed by atoms with van der Waals surface area (Å²) in [5.41, 5.74) is 3.39. The molecule has 0 radical (unpaired) electrons. The highest BCUT2D eigenvalue weighted by atomic mass is 16.5. The largest absolute Gasteiger partial charge is 0.508 e. The maximum Gasteiger partial charge on any atom is 0.312 e. The Morgan fingerprint density at radius 1 is 1.16 bits per heavy atom. The van der Waals surface area contributed by atoms with Crippen LogP contribution in [0, 0.1) is 12.3 Å². The molecule has 1 aliphatic rings. The van der Waals surface area contributed by atoms with Crippen molar-refractivity contribution in [1.29, 1.82) is 0 Å². The summed E-state index contributed by atoms with van der Waals surface area (Å²) in [4.78, 5) is 15.3. The number of aromatic hydroxyl groups is 1. The fourth-order valence-corrected chi connectivity index (χ4v) is 4.46. The van der Waals surface area contributed by atoms with Crippen molar-refractivity contribution in [2.24, 2.45) is 5.41 Å². The SMILES string of the molecule is CCOC(=O)C1(Cc2cc(-c3cccc(C)c3)no2)CCN(Cc2cccc(O)c2)CC1. The van der Waals surface area contributed by atoms with Crippen molar-refractivity contribution >= 4 is 5.97 Å². The molecule has 0 aliphatic carbocycles. The monoisotopic (exact) mass is 434 g/mol. The van der Waals surface area contributed by atoms with E-state index < -0.39 is 5.41 Å². The lowest BCUT2D eigenvalue weighted by atomic mass is 9.74. The number of benzene rings is 2. The van der Waals surface area contributed by atoms with Gasteiger partial charge < -0.3 is 14.4 Å². The van der Waals surface area contributed by atoms with Crippen LogP contribution in [-0.2, 0) is 22.5 Å². The van der Waals surface area contributed by atoms with Crippen LogP contribution in [0.15, 0.2) is 59.1 Å². The van der Waals surface area contributed by atoms with Gasteiger partial charge in [-0.05, 0) is 63.5 Å². The van der Waals surface area contributed by atoms with Crippen LogP contribution in [0.5, 0.6) is 5.75 Å². The maximum atomic E-state index is 13.0. The van der Waals surface area contributed by atoms with Gasteiger partial charge in [-0.1, -0.05) is 41.1 Å². The molecular formula is C26H30N2O4. The summed E-state index contributed by atoms with van der Waals surface area (Å²) >= 11 is 0. The third kappa shape index (κ3) is 5.02. The minimum atomic E-state index is -0.616. The molecule has 4 rings (SSSR count). The third-order valence-corrected chi connectivity index (χ3v) is 6.22. The van der Waals surface area contributed by atoms with Gasteiger partial charge in [-0.3, -0.25) is 9.69 Å². The van der Waals surface area contributed by atoms with Crippen molar-refractivity contribution in [2.45, 2.75) is 39.7 Å². The molecule has 168 valence electrons. The fourth-order valence-electron chi connectivity index (χ4n) is 4.46. The number of piperidine rings is 1. The molecule has 2 heterocycles. The molecule has 3 aromatic rings. The topological polar surface area (TPSA) is 75.8 Å². The van der Waals surface area contributed by atoms with Gasteiger partial charge in [0.1, 0.15) is 17.2 Å². The average Bonchev–Trinajstić information content (AvgIpc) is 3.24. The Bertz CT molecular complexity index is 1070. The highest BCUT2D eigenvalue weighted by Gasteiger charge is 2.43. The predicted molar refractivity (Wildman–Crippen MR) is 122 cm³/mol. The molecule has 1 saturated heterocycles. The Kier molecular flexibility index (Phi) is 6.61. The first-order valence-electron chi connectivity index (χ1n) is 11.2. The Hall–Kier alpha value is -3.12. The molecule has 0 atom stereocenters. The molecule has 1 aliphatic heterocycles. The quantitative estimate of drug-likeness (QED) is 0.541. The smallest absolute Gasteiger partial charge is 0.312 e. The number of nitrogens with zero attached hydrogens (tertiary/aromatic N) is 2. The molecule has 1 N–H and O–H groups in total. The second-order valence-electron chi connectivity index (χ2n) is 8.67. The van der Waals surface area contributed by atoms with Crippen LogP contribution in [0.4, 0.5) is 0 Å². The minimum Gasteiger partial charge on any atom is -0.508 e. The van der Waals surface area contributed by atoms with E-state index in [1.54, 1.807) is 12.1 Å². The third-order valence-electron chi connectivity index (χ3n) is 6.22. The Morgan fingerprint density at radius 3 is 2.66 bits per heavy atom. The predicted octanol–water partition coefficient (Wildman–Crippen LogP) is 4.74. The summed E-state index contributed by atoms with van der Waals surface area (Å²) < 4.78 is 11.1. The van der Waals surface area contributed by atoms with Gasteiger partial charge in [-0.15, -0.1) is 0 Å². The fraction of sp³-hybridized carbons (Fsp3) is 0.385. The lowest BCUT2D eigenvalue weighted by Gasteiger charge is -2.39. The summed E-state index contributed by atoms with van der Waals surface area (Å²) in [6.45, 7) is 6.53. The number of phenolic OH excluding ortho intramolecular Hbond substituents is 1. The molecule has 1 fully saturated rings. The Morgan fingerprint density at radius 2 is 1.94 bits per heavy atom. The molecule has 0 spiro atoms. The van der Waals surface area contributed by atoms with E-state index >= 15 is 0 Å². The van der Waals surface area contributed by atoms with Gasteiger partial charge in [0.05, 0.1) is 12.0 Å². The first-order valence-corrected chi connectivity index (χ1v) is 11.2. The second-order valence-corrected chi connectivity index (χ2v) is 8.67. The van der Waals surface area contributed by atoms with Gasteiger partial charge in [-0.2, -0.15) is 0 Å². The van der Waals surface area contributed by atoms with E-state index in [-0.39, 0.29) is 11.7 Å². The lowest BCUT2D eigenvalue weighted by Crippen LogP contribution is -2.46. The zero-order chi connectivity index (χ0) is 22.6. The first-order chi connectivity index (χ1) is 15.5. The first kappa shape index (κ1) is 22.1. The van der Waals surface area contributed by atoms with Gasteiger partial charge >= 0.3 is 5.97 Å². The molecule has 2 aromatic carbocycles. The number of ether oxygens (including phenoxy) is 1. The zero-order valence-corrected chi connectivity index (χ0v) is 18.7. The summed E-state index contributed by atoms with van der Waals surface area (Å²) in [7, 11) is 0. The number of carbonyl (C=O) groups is 1. The van der Waals surface area contributed by atoms with Crippen molar-refractivity contribution in [3.8, 4) is 17.0 Å². The van der Waals surface area contributed by atoms with Crippen molar-refractivity contribution in [2.75, 3.05) is 19.7 Å². The molecule has 0 bridgehead atoms. The summed E-state index contributed by atoms with van der Waals surface area (Å²) in [5, 5.41) is 14.0. The minimum absolute atomic E-state index is 0.162. The van der Waals surface area contributed by atoms with Crippen LogP contribution in [0.1, 0.15) is 36.7 Å². The highest BCUT2D eigenvalue weighted by Crippen LogP contribution is 2.38. The summed E-state index contributed by atoms with van der Waals surface area (Å²) in [6.07, 6.45) is 1.85. The average molecular weight is 435 g/mol. The molecule has 32 heavy (non-hydrogen) atoms. The van der Waals surface area contributed by atoms with E-state index in [9.17, 15) is 9.90 Å². The molecule has 1 aromatic heterocycles. The normalized spacial score (nSPS) is 16.1. The summed E-state index contributed by atoms with van der Waals surface area (Å²) in [6, 6.07) is 17.4. The van der Waals surface area contributed by atoms with Crippen LogP contribution < -0.4 is 0 Å². The molecule has 0 amide bonds. The maximum absolute atomic E-state index is 13.0. The zero-order valence-electron chi connectivity index (χ0n) is 18.7. The molecule has 0 unspecified atom stereocenters. The van der Waals surface area contributed by atoms with E-state index in [1.165, 1.54) is 0 Å². The number of hydrogen-bond donors (Lipinski definition) is 1. The highest BCUT2D eigenvalue weighted by molar-refractivity contribution is 5.77. The standard InChI is InChI=1S/C26H30N2O4/c1-3-31-25(30)26(10-12-28(13-11-26)18-20-7-5-9-22(29)15-20)17-23-16-24(27-32-23)21-8-4-6-19(2)14-21/h4-9,14-16,29H,3,10-13,17-18H2,1-2H3. The number of likely N-dealkylation sites (tertiary alicyclic amines) is 1. The van der Waals surface area contributed by atoms with E-state index in [2.05, 4.69) is 16.1 Å². The van der Waals surface area contributed by atoms with E-state index in [1.807, 2.05) is 50.2 Å². The van der Waals surface area contributed by atoms with Crippen molar-refractivity contribution in [3.05, 3.63) is 71.5 Å². The second kappa shape index (κ2) is 9.57. The number of esters is 1. The van der Waals surface area contributed by atoms with E-state index in [0.717, 1.165) is 42.0 Å². The summed E-state index contributed by atoms with van der Waals surface area (Å²) in [5.74, 6) is 0.816. The van der Waals surface area contributed by atoms with Crippen LogP contribution in [-0.4, -0.2) is 40.8 Å². The van der Waals surface area contributed by atoms with Crippen molar-refractivity contribution in [3.63, 3.8) is 0 Å². The Balaban J connectivity index is 1.48. The molecule has 6 heteroatoms. The van der Waals surface area contributed by atoms with Crippen LogP contribution in [0.2, 0.25) is 0 Å². The van der Waals surface area contributed by atoms with Crippen LogP contribution in [0.3, 0.4) is 0 Å². The number of aromatic nitrogens is 1. The number of aryl methyl sites for hydroxylation is 1. The van der Waals surface area contributed by atoms with Crippen LogP contribution in [0.25, 0.3) is 11.3 Å². The number of phenols is 1. The molecular weight excluding hydrogens is 404 g/mol. The van der Waals surface area contributed by atoms with Gasteiger partial charge in [0.15, 0.2) is 0 Å². The van der Waals surface area contributed by atoms with Gasteiger partial charge in [0.25, 0.3) is 0 Å². The number of hydrogen-bond acceptors (Lipinski definition) is 6. The Labute approximate surface area is 188 Å². The van der Waals surface area contributed by atoms with Crippen LogP contribution >= 0.6 is 0 Å². The van der Waals surface area contributed by atoms with Gasteiger partial charge in [0.2, 0.25) is 0 Å². The number of carbonyl (C=O) groups excluding carboxylic acids is 1. The van der Waals surface area contributed by atoms with Gasteiger partial charge in [0, 0.05) is 24.6 Å². The van der Waals surface area contributed by atoms with E-state index in [0.29, 0.717) is 31.6 Å².